The summed E-state index contributed by atoms with van der Waals surface area (Å²) in [6.45, 7) is 3.43. The third kappa shape index (κ3) is 1.83. The highest BCUT2D eigenvalue weighted by molar-refractivity contribution is 5.56. The Morgan fingerprint density at radius 3 is 3.06 bits per heavy atom. The van der Waals surface area contributed by atoms with Crippen LogP contribution in [-0.4, -0.2) is 22.6 Å². The van der Waals surface area contributed by atoms with E-state index >= 15 is 0 Å². The Bertz CT molecular complexity index is 429. The van der Waals surface area contributed by atoms with Gasteiger partial charge in [0.2, 0.25) is 0 Å². The fourth-order valence-corrected chi connectivity index (χ4v) is 2.52. The van der Waals surface area contributed by atoms with Crippen molar-refractivity contribution in [1.29, 1.82) is 0 Å². The maximum Gasteiger partial charge on any atom is 0.139 e. The zero-order chi connectivity index (χ0) is 10.8. The minimum absolute atomic E-state index is 0.800. The highest BCUT2D eigenvalue weighted by Crippen LogP contribution is 2.22. The van der Waals surface area contributed by atoms with Gasteiger partial charge in [0, 0.05) is 24.5 Å². The second-order valence-corrected chi connectivity index (χ2v) is 4.58. The van der Waals surface area contributed by atoms with Crippen molar-refractivity contribution < 1.29 is 0 Å². The molecule has 0 atom stereocenters. The van der Waals surface area contributed by atoms with Crippen LogP contribution in [0.5, 0.6) is 0 Å². The van der Waals surface area contributed by atoms with Crippen LogP contribution >= 0.6 is 0 Å². The molecule has 0 spiro atoms. The van der Waals surface area contributed by atoms with Crippen molar-refractivity contribution >= 4 is 0 Å². The van der Waals surface area contributed by atoms with Gasteiger partial charge in [-0.05, 0) is 50.0 Å². The molecule has 1 fully saturated rings. The van der Waals surface area contributed by atoms with E-state index in [-0.39, 0.29) is 0 Å². The molecule has 3 heteroatoms. The number of hydrogen-bond donors (Lipinski definition) is 1. The molecule has 0 radical (unpaired) electrons. The second-order valence-electron chi connectivity index (χ2n) is 4.58. The van der Waals surface area contributed by atoms with E-state index in [4.69, 9.17) is 0 Å². The van der Waals surface area contributed by atoms with Gasteiger partial charge in [-0.25, -0.2) is 4.98 Å². The van der Waals surface area contributed by atoms with Crippen LogP contribution in [0.3, 0.4) is 0 Å². The monoisotopic (exact) mass is 215 g/mol. The third-order valence-electron chi connectivity index (χ3n) is 3.44. The molecule has 3 aliphatic rings. The SMILES string of the molecule is c1cc2ccnc-2n(CC2CCNCC2)c1. The lowest BCUT2D eigenvalue weighted by Gasteiger charge is -2.24. The average molecular weight is 215 g/mol. The Hall–Kier alpha value is -1.35. The minimum atomic E-state index is 0.800. The van der Waals surface area contributed by atoms with Gasteiger partial charge in [-0.3, -0.25) is 0 Å². The molecule has 84 valence electrons. The Kier molecular flexibility index (Phi) is 2.62. The van der Waals surface area contributed by atoms with Crippen LogP contribution in [0.15, 0.2) is 30.6 Å². The number of nitrogens with zero attached hydrogens (tertiary/aromatic N) is 2. The number of aromatic nitrogens is 2. The molecule has 0 aliphatic carbocycles. The summed E-state index contributed by atoms with van der Waals surface area (Å²) in [6, 6.07) is 6.32. The normalized spacial score (nSPS) is 18.0. The van der Waals surface area contributed by atoms with Crippen LogP contribution in [0.2, 0.25) is 0 Å². The summed E-state index contributed by atoms with van der Waals surface area (Å²) >= 11 is 0. The highest BCUT2D eigenvalue weighted by atomic mass is 15.0. The summed E-state index contributed by atoms with van der Waals surface area (Å²) in [4.78, 5) is 4.43. The van der Waals surface area contributed by atoms with Gasteiger partial charge in [0.05, 0.1) is 0 Å². The molecule has 1 N–H and O–H groups in total. The van der Waals surface area contributed by atoms with Crippen LogP contribution in [0.4, 0.5) is 0 Å². The predicted octanol–water partition coefficient (Wildman–Crippen LogP) is 1.99. The van der Waals surface area contributed by atoms with Gasteiger partial charge in [-0.1, -0.05) is 0 Å². The Balaban J connectivity index is 1.81. The molecule has 0 aromatic carbocycles. The van der Waals surface area contributed by atoms with Gasteiger partial charge in [-0.2, -0.15) is 0 Å². The lowest BCUT2D eigenvalue weighted by Crippen LogP contribution is -2.30. The van der Waals surface area contributed by atoms with E-state index in [0.717, 1.165) is 31.4 Å². The summed E-state index contributed by atoms with van der Waals surface area (Å²) in [7, 11) is 0. The molecule has 0 unspecified atom stereocenters. The van der Waals surface area contributed by atoms with Crippen LogP contribution in [0, 0.1) is 5.92 Å². The molecule has 0 bridgehead atoms. The van der Waals surface area contributed by atoms with Crippen LogP contribution in [0.25, 0.3) is 11.4 Å². The first kappa shape index (κ1) is 9.85. The predicted molar refractivity (Wildman–Crippen MR) is 64.4 cm³/mol. The van der Waals surface area contributed by atoms with E-state index in [9.17, 15) is 0 Å². The summed E-state index contributed by atoms with van der Waals surface area (Å²) in [5, 5.41) is 3.41. The summed E-state index contributed by atoms with van der Waals surface area (Å²) < 4.78 is 2.30. The van der Waals surface area contributed by atoms with Gasteiger partial charge in [-0.15, -0.1) is 0 Å². The molecule has 3 nitrogen and oxygen atoms in total. The molecule has 3 aliphatic heterocycles. The Morgan fingerprint density at radius 2 is 2.19 bits per heavy atom. The molecule has 0 amide bonds. The number of hydrogen-bond acceptors (Lipinski definition) is 2. The number of nitrogens with one attached hydrogen (secondary N) is 1. The third-order valence-corrected chi connectivity index (χ3v) is 3.44. The zero-order valence-electron chi connectivity index (χ0n) is 9.39. The lowest BCUT2D eigenvalue weighted by molar-refractivity contribution is 0.333. The van der Waals surface area contributed by atoms with Crippen molar-refractivity contribution in [3.8, 4) is 11.4 Å². The van der Waals surface area contributed by atoms with Crippen LogP contribution < -0.4 is 5.32 Å². The van der Waals surface area contributed by atoms with E-state index in [1.165, 1.54) is 18.4 Å². The first-order chi connectivity index (χ1) is 7.93. The molecule has 3 heterocycles. The van der Waals surface area contributed by atoms with Crippen molar-refractivity contribution in [3.63, 3.8) is 0 Å². The van der Waals surface area contributed by atoms with Crippen molar-refractivity contribution in [1.82, 2.24) is 14.9 Å². The van der Waals surface area contributed by atoms with Crippen LogP contribution in [0.1, 0.15) is 12.8 Å². The molecule has 0 aromatic rings. The molecule has 1 saturated heterocycles. The van der Waals surface area contributed by atoms with Crippen molar-refractivity contribution in [2.45, 2.75) is 19.4 Å². The number of fused-ring (bicyclic) bond motifs is 1. The lowest BCUT2D eigenvalue weighted by atomic mass is 9.98. The van der Waals surface area contributed by atoms with Crippen molar-refractivity contribution in [2.75, 3.05) is 13.1 Å². The molecular formula is C13H17N3. The van der Waals surface area contributed by atoms with Gasteiger partial charge in [0.25, 0.3) is 0 Å². The molecule has 0 aromatic heterocycles. The first-order valence-corrected chi connectivity index (χ1v) is 6.04. The molecule has 3 rings (SSSR count). The zero-order valence-corrected chi connectivity index (χ0v) is 9.39. The summed E-state index contributed by atoms with van der Waals surface area (Å²) in [5.41, 5.74) is 1.25. The van der Waals surface area contributed by atoms with Crippen molar-refractivity contribution in [2.24, 2.45) is 5.92 Å². The molecule has 0 saturated carbocycles. The maximum absolute atomic E-state index is 4.43. The summed E-state index contributed by atoms with van der Waals surface area (Å²) in [6.07, 6.45) is 6.61. The van der Waals surface area contributed by atoms with E-state index in [2.05, 4.69) is 39.3 Å². The quantitative estimate of drug-likeness (QED) is 0.830. The highest BCUT2D eigenvalue weighted by Gasteiger charge is 2.15. The summed E-state index contributed by atoms with van der Waals surface area (Å²) in [5.74, 6) is 1.93. The minimum Gasteiger partial charge on any atom is -0.332 e. The van der Waals surface area contributed by atoms with E-state index in [1.54, 1.807) is 0 Å². The fraction of sp³-hybridized carbons (Fsp3) is 0.462. The Labute approximate surface area is 95.8 Å². The Morgan fingerprint density at radius 1 is 1.31 bits per heavy atom. The second kappa shape index (κ2) is 4.26. The number of piperidine rings is 1. The fourth-order valence-electron chi connectivity index (χ4n) is 2.52. The van der Waals surface area contributed by atoms with Gasteiger partial charge >= 0.3 is 0 Å². The van der Waals surface area contributed by atoms with Crippen molar-refractivity contribution in [3.05, 3.63) is 30.6 Å². The standard InChI is InChI=1S/C13H17N3/c1-2-12-5-8-15-13(12)16(9-1)10-11-3-6-14-7-4-11/h1-2,5,8-9,11,14H,3-4,6-7,10H2. The first-order valence-electron chi connectivity index (χ1n) is 6.04. The molecule has 16 heavy (non-hydrogen) atoms. The number of rotatable bonds is 2. The number of pyridine rings is 1. The van der Waals surface area contributed by atoms with Gasteiger partial charge in [0.15, 0.2) is 0 Å². The van der Waals surface area contributed by atoms with Crippen LogP contribution in [-0.2, 0) is 6.54 Å². The largest absolute Gasteiger partial charge is 0.332 e. The van der Waals surface area contributed by atoms with E-state index in [0.29, 0.717) is 0 Å². The smallest absolute Gasteiger partial charge is 0.139 e. The topological polar surface area (TPSA) is 29.9 Å². The van der Waals surface area contributed by atoms with Gasteiger partial charge < -0.3 is 9.88 Å². The average Bonchev–Trinajstić information content (AvgIpc) is 2.80. The molecular weight excluding hydrogens is 198 g/mol. The van der Waals surface area contributed by atoms with E-state index < -0.39 is 0 Å². The van der Waals surface area contributed by atoms with E-state index in [1.807, 2.05) is 6.20 Å². The maximum atomic E-state index is 4.43. The van der Waals surface area contributed by atoms with Gasteiger partial charge in [0.1, 0.15) is 5.82 Å².